The molecule has 0 bridgehead atoms. The van der Waals surface area contributed by atoms with Gasteiger partial charge in [0.15, 0.2) is 0 Å². The zero-order chi connectivity index (χ0) is 21.2. The second-order valence-electron chi connectivity index (χ2n) is 6.54. The van der Waals surface area contributed by atoms with Crippen molar-refractivity contribution in [2.45, 2.75) is 46.4 Å². The number of aliphatic carboxylic acids is 1. The Morgan fingerprint density at radius 1 is 1.33 bits per heavy atom. The number of aryl methyl sites for hydroxylation is 1. The van der Waals surface area contributed by atoms with E-state index in [1.807, 2.05) is 0 Å². The van der Waals surface area contributed by atoms with Crippen molar-refractivity contribution in [3.63, 3.8) is 0 Å². The third-order valence-corrected chi connectivity index (χ3v) is 3.84. The molecule has 8 N–H and O–H groups in total. The van der Waals surface area contributed by atoms with Crippen LogP contribution in [0.3, 0.4) is 0 Å². The van der Waals surface area contributed by atoms with Crippen LogP contribution in [0.1, 0.15) is 37.1 Å². The van der Waals surface area contributed by atoms with Gasteiger partial charge in [0, 0.05) is 35.8 Å². The van der Waals surface area contributed by atoms with E-state index in [2.05, 4.69) is 10.3 Å². The van der Waals surface area contributed by atoms with Crippen molar-refractivity contribution in [1.82, 2.24) is 10.3 Å². The van der Waals surface area contributed by atoms with Crippen LogP contribution in [0.25, 0.3) is 0 Å². The summed E-state index contributed by atoms with van der Waals surface area (Å²) in [7, 11) is 0. The van der Waals surface area contributed by atoms with E-state index in [9.17, 15) is 19.8 Å². The van der Waals surface area contributed by atoms with Crippen LogP contribution in [-0.4, -0.2) is 61.6 Å². The number of nitrogens with zero attached hydrogens (tertiary/aromatic N) is 1. The predicted molar refractivity (Wildman–Crippen MR) is 96.6 cm³/mol. The third-order valence-electron chi connectivity index (χ3n) is 3.84. The molecule has 154 valence electrons. The lowest BCUT2D eigenvalue weighted by Gasteiger charge is -2.26. The quantitative estimate of drug-likeness (QED) is 0.294. The maximum atomic E-state index is 11.3. The highest BCUT2D eigenvalue weighted by Crippen LogP contribution is 2.22. The van der Waals surface area contributed by atoms with Crippen LogP contribution in [-0.2, 0) is 22.7 Å². The van der Waals surface area contributed by atoms with Crippen LogP contribution < -0.4 is 11.1 Å². The van der Waals surface area contributed by atoms with E-state index in [1.54, 1.807) is 6.92 Å². The number of pyridine rings is 1. The van der Waals surface area contributed by atoms with E-state index in [4.69, 9.17) is 21.1 Å². The summed E-state index contributed by atoms with van der Waals surface area (Å²) in [5.41, 5.74) is 6.15. The average molecular weight is 387 g/mol. The van der Waals surface area contributed by atoms with Crippen molar-refractivity contribution in [3.05, 3.63) is 23.0 Å². The molecule has 0 spiro atoms. The lowest BCUT2D eigenvalue weighted by atomic mass is 9.87. The molecule has 1 amide bonds. The SMILES string of the molecule is CC(C)(CO)[C@@H](O)C(=O)NCCC(=O)O.Cc1ncc(CO)c(CN)c1O. The molecule has 0 aliphatic carbocycles. The highest BCUT2D eigenvalue weighted by atomic mass is 16.4. The smallest absolute Gasteiger partial charge is 0.305 e. The first-order valence-electron chi connectivity index (χ1n) is 8.27. The fraction of sp³-hybridized carbons (Fsp3) is 0.588. The van der Waals surface area contributed by atoms with Gasteiger partial charge in [0.25, 0.3) is 0 Å². The lowest BCUT2D eigenvalue weighted by molar-refractivity contribution is -0.138. The van der Waals surface area contributed by atoms with E-state index < -0.39 is 23.4 Å². The summed E-state index contributed by atoms with van der Waals surface area (Å²) in [5, 5.41) is 47.3. The zero-order valence-corrected chi connectivity index (χ0v) is 15.8. The monoisotopic (exact) mass is 387 g/mol. The molecule has 1 aromatic rings. The summed E-state index contributed by atoms with van der Waals surface area (Å²) in [6.07, 6.45) is -0.0220. The van der Waals surface area contributed by atoms with Crippen LogP contribution in [0.15, 0.2) is 6.20 Å². The van der Waals surface area contributed by atoms with E-state index in [0.717, 1.165) is 0 Å². The number of carbonyl (C=O) groups excluding carboxylic acids is 1. The van der Waals surface area contributed by atoms with Crippen LogP contribution in [0.2, 0.25) is 0 Å². The first-order chi connectivity index (χ1) is 12.5. The zero-order valence-electron chi connectivity index (χ0n) is 15.8. The van der Waals surface area contributed by atoms with Gasteiger partial charge in [-0.2, -0.15) is 0 Å². The second-order valence-corrected chi connectivity index (χ2v) is 6.54. The summed E-state index contributed by atoms with van der Waals surface area (Å²) in [4.78, 5) is 25.3. The molecule has 0 radical (unpaired) electrons. The van der Waals surface area contributed by atoms with Gasteiger partial charge < -0.3 is 36.6 Å². The normalized spacial score (nSPS) is 12.0. The highest BCUT2D eigenvalue weighted by Gasteiger charge is 2.32. The fourth-order valence-corrected chi connectivity index (χ4v) is 1.88. The number of hydrogen-bond donors (Lipinski definition) is 7. The predicted octanol–water partition coefficient (Wildman–Crippen LogP) is -0.997. The Kier molecular flexibility index (Phi) is 10.5. The third kappa shape index (κ3) is 7.87. The average Bonchev–Trinajstić information content (AvgIpc) is 2.63. The molecule has 0 saturated heterocycles. The minimum Gasteiger partial charge on any atom is -0.506 e. The van der Waals surface area contributed by atoms with Gasteiger partial charge in [0.05, 0.1) is 25.3 Å². The van der Waals surface area contributed by atoms with Crippen molar-refractivity contribution in [1.29, 1.82) is 0 Å². The number of aromatic nitrogens is 1. The second kappa shape index (κ2) is 11.4. The maximum absolute atomic E-state index is 11.3. The van der Waals surface area contributed by atoms with Gasteiger partial charge >= 0.3 is 5.97 Å². The molecular formula is C17H29N3O7. The molecule has 10 nitrogen and oxygen atoms in total. The molecule has 0 aromatic carbocycles. The van der Waals surface area contributed by atoms with Gasteiger partial charge in [-0.15, -0.1) is 0 Å². The lowest BCUT2D eigenvalue weighted by Crippen LogP contribution is -2.45. The minimum atomic E-state index is -1.35. The molecular weight excluding hydrogens is 358 g/mol. The number of rotatable bonds is 8. The Bertz CT molecular complexity index is 635. The van der Waals surface area contributed by atoms with E-state index in [1.165, 1.54) is 20.0 Å². The molecule has 1 atom stereocenters. The number of nitrogens with two attached hydrogens (primary N) is 1. The number of carboxylic acid groups (broad SMARTS) is 1. The van der Waals surface area contributed by atoms with Crippen molar-refractivity contribution in [2.75, 3.05) is 13.2 Å². The number of aliphatic hydroxyl groups is 3. The number of nitrogens with one attached hydrogen (secondary N) is 1. The molecule has 0 aliphatic heterocycles. The van der Waals surface area contributed by atoms with Gasteiger partial charge in [-0.1, -0.05) is 13.8 Å². The summed E-state index contributed by atoms with van der Waals surface area (Å²) in [5.74, 6) is -1.61. The van der Waals surface area contributed by atoms with Crippen LogP contribution in [0, 0.1) is 12.3 Å². The topological polar surface area (TPSA) is 186 Å². The van der Waals surface area contributed by atoms with Crippen molar-refractivity contribution in [3.8, 4) is 5.75 Å². The van der Waals surface area contributed by atoms with E-state index in [-0.39, 0.29) is 38.5 Å². The molecule has 1 rings (SSSR count). The number of aromatic hydroxyl groups is 1. The molecule has 0 aliphatic rings. The van der Waals surface area contributed by atoms with Crippen molar-refractivity contribution < 1.29 is 35.1 Å². The van der Waals surface area contributed by atoms with Gasteiger partial charge in [-0.25, -0.2) is 0 Å². The minimum absolute atomic E-state index is 0.0350. The molecule has 0 saturated carbocycles. The van der Waals surface area contributed by atoms with Crippen LogP contribution in [0.4, 0.5) is 0 Å². The van der Waals surface area contributed by atoms with Gasteiger partial charge in [-0.3, -0.25) is 14.6 Å². The van der Waals surface area contributed by atoms with Crippen LogP contribution in [0.5, 0.6) is 5.75 Å². The molecule has 1 heterocycles. The molecule has 27 heavy (non-hydrogen) atoms. The Morgan fingerprint density at radius 3 is 2.37 bits per heavy atom. The number of aliphatic hydroxyl groups excluding tert-OH is 3. The largest absolute Gasteiger partial charge is 0.506 e. The Hall–Kier alpha value is -2.27. The Morgan fingerprint density at radius 2 is 1.93 bits per heavy atom. The molecule has 1 aromatic heterocycles. The maximum Gasteiger partial charge on any atom is 0.305 e. The Balaban J connectivity index is 0.000000511. The standard InChI is InChI=1S/C9H17NO5.C8H12N2O2/c1-9(2,5-11)7(14)8(15)10-4-3-6(12)13;1-5-8(12)7(2-9)6(4-11)3-10-5/h7,11,14H,3-5H2,1-2H3,(H,10,15)(H,12,13);3,11-12H,2,4,9H2,1H3/t7-;/m0./s1. The van der Waals surface area contributed by atoms with E-state index in [0.29, 0.717) is 16.8 Å². The first-order valence-corrected chi connectivity index (χ1v) is 8.27. The number of carbonyl (C=O) groups is 2. The van der Waals surface area contributed by atoms with Crippen LogP contribution >= 0.6 is 0 Å². The van der Waals surface area contributed by atoms with Gasteiger partial charge in [0.1, 0.15) is 11.9 Å². The Labute approximate surface area is 157 Å². The summed E-state index contributed by atoms with van der Waals surface area (Å²) in [6.45, 7) is 4.46. The summed E-state index contributed by atoms with van der Waals surface area (Å²) in [6, 6.07) is 0. The molecule has 0 unspecified atom stereocenters. The number of hydrogen-bond acceptors (Lipinski definition) is 8. The number of carboxylic acids is 1. The van der Waals surface area contributed by atoms with Gasteiger partial charge in [0.2, 0.25) is 5.91 Å². The molecule has 10 heteroatoms. The number of amides is 1. The van der Waals surface area contributed by atoms with Crippen molar-refractivity contribution >= 4 is 11.9 Å². The summed E-state index contributed by atoms with van der Waals surface area (Å²) < 4.78 is 0. The fourth-order valence-electron chi connectivity index (χ4n) is 1.88. The first kappa shape index (κ1) is 24.7. The van der Waals surface area contributed by atoms with E-state index >= 15 is 0 Å². The molecule has 0 fully saturated rings. The summed E-state index contributed by atoms with van der Waals surface area (Å²) >= 11 is 0. The highest BCUT2D eigenvalue weighted by molar-refractivity contribution is 5.81. The van der Waals surface area contributed by atoms with Gasteiger partial charge in [-0.05, 0) is 6.92 Å². The van der Waals surface area contributed by atoms with Crippen molar-refractivity contribution in [2.24, 2.45) is 11.1 Å².